The van der Waals surface area contributed by atoms with Gasteiger partial charge in [-0.3, -0.25) is 4.79 Å². The molecular weight excluding hydrogens is 140 g/mol. The van der Waals surface area contributed by atoms with Gasteiger partial charge in [-0.15, -0.1) is 12.3 Å². The molecule has 2 heteroatoms. The summed E-state index contributed by atoms with van der Waals surface area (Å²) in [6, 6.07) is 0. The van der Waals surface area contributed by atoms with Crippen molar-refractivity contribution in [2.24, 2.45) is 5.92 Å². The lowest BCUT2D eigenvalue weighted by atomic mass is 10.0. The molecule has 0 aromatic rings. The van der Waals surface area contributed by atoms with Gasteiger partial charge in [0.25, 0.3) is 0 Å². The highest BCUT2D eigenvalue weighted by atomic mass is 16.4. The molecule has 2 nitrogen and oxygen atoms in total. The van der Waals surface area contributed by atoms with E-state index in [4.69, 9.17) is 11.5 Å². The summed E-state index contributed by atoms with van der Waals surface area (Å²) in [5, 5.41) is 8.39. The fourth-order valence-electron chi connectivity index (χ4n) is 0.721. The molecule has 1 N–H and O–H groups in total. The van der Waals surface area contributed by atoms with E-state index in [2.05, 4.69) is 5.92 Å². The minimum absolute atomic E-state index is 0.0564. The van der Waals surface area contributed by atoms with Gasteiger partial charge in [-0.2, -0.15) is 0 Å². The summed E-state index contributed by atoms with van der Waals surface area (Å²) in [6.07, 6.45) is 9.57. The second kappa shape index (κ2) is 5.55. The van der Waals surface area contributed by atoms with Crippen molar-refractivity contribution in [1.82, 2.24) is 0 Å². The fraction of sp³-hybridized carbons (Fsp3) is 0.444. The molecule has 0 aromatic heterocycles. The van der Waals surface area contributed by atoms with Gasteiger partial charge in [0.1, 0.15) is 0 Å². The van der Waals surface area contributed by atoms with Crippen molar-refractivity contribution in [2.75, 3.05) is 0 Å². The summed E-state index contributed by atoms with van der Waals surface area (Å²) in [4.78, 5) is 10.2. The van der Waals surface area contributed by atoms with Gasteiger partial charge in [0.15, 0.2) is 0 Å². The molecule has 0 aliphatic carbocycles. The first-order chi connectivity index (χ1) is 5.20. The predicted octanol–water partition coefficient (Wildman–Crippen LogP) is 1.68. The first-order valence-electron chi connectivity index (χ1n) is 3.49. The number of aliphatic carboxylic acids is 1. The van der Waals surface area contributed by atoms with Gasteiger partial charge in [-0.25, -0.2) is 0 Å². The second-order valence-corrected chi connectivity index (χ2v) is 2.27. The monoisotopic (exact) mass is 152 g/mol. The Hall–Kier alpha value is -1.23. The molecule has 0 heterocycles. The van der Waals surface area contributed by atoms with E-state index in [0.717, 1.165) is 0 Å². The maximum atomic E-state index is 10.2. The van der Waals surface area contributed by atoms with Gasteiger partial charge >= 0.3 is 5.97 Å². The maximum absolute atomic E-state index is 10.2. The number of rotatable bonds is 4. The summed E-state index contributed by atoms with van der Waals surface area (Å²) >= 11 is 0. The molecule has 1 unspecified atom stereocenters. The van der Waals surface area contributed by atoms with Gasteiger partial charge < -0.3 is 5.11 Å². The Balaban J connectivity index is 3.79. The van der Waals surface area contributed by atoms with Crippen LogP contribution >= 0.6 is 0 Å². The first-order valence-corrected chi connectivity index (χ1v) is 3.49. The summed E-state index contributed by atoms with van der Waals surface area (Å²) in [5.74, 6) is 1.44. The molecule has 0 fully saturated rings. The Bertz CT molecular complexity index is 186. The van der Waals surface area contributed by atoms with Crippen LogP contribution in [0.5, 0.6) is 0 Å². The highest BCUT2D eigenvalue weighted by molar-refractivity contribution is 5.67. The van der Waals surface area contributed by atoms with Crippen LogP contribution in [0.25, 0.3) is 0 Å². The molecule has 0 rings (SSSR count). The van der Waals surface area contributed by atoms with E-state index in [-0.39, 0.29) is 12.3 Å². The number of hydrogen-bond acceptors (Lipinski definition) is 1. The van der Waals surface area contributed by atoms with Crippen molar-refractivity contribution in [2.45, 2.75) is 19.8 Å². The number of carboxylic acid groups (broad SMARTS) is 1. The summed E-state index contributed by atoms with van der Waals surface area (Å²) in [7, 11) is 0. The Morgan fingerprint density at radius 3 is 2.82 bits per heavy atom. The fourth-order valence-corrected chi connectivity index (χ4v) is 0.721. The number of terminal acetylenes is 1. The summed E-state index contributed by atoms with van der Waals surface area (Å²) < 4.78 is 0. The molecule has 0 radical (unpaired) electrons. The van der Waals surface area contributed by atoms with Gasteiger partial charge in [-0.05, 0) is 13.3 Å². The van der Waals surface area contributed by atoms with Gasteiger partial charge in [0.2, 0.25) is 0 Å². The highest BCUT2D eigenvalue weighted by Crippen LogP contribution is 2.07. The van der Waals surface area contributed by atoms with Crippen LogP contribution < -0.4 is 0 Å². The van der Waals surface area contributed by atoms with Crippen LogP contribution in [0.1, 0.15) is 19.8 Å². The molecule has 60 valence electrons. The van der Waals surface area contributed by atoms with Crippen molar-refractivity contribution >= 4 is 5.97 Å². The van der Waals surface area contributed by atoms with Crippen LogP contribution in [0.3, 0.4) is 0 Å². The number of carbonyl (C=O) groups is 1. The van der Waals surface area contributed by atoms with Crippen molar-refractivity contribution in [3.05, 3.63) is 12.2 Å². The van der Waals surface area contributed by atoms with E-state index in [1.807, 2.05) is 19.1 Å². The molecule has 1 atom stereocenters. The highest BCUT2D eigenvalue weighted by Gasteiger charge is 2.07. The van der Waals surface area contributed by atoms with Crippen LogP contribution in [-0.2, 0) is 4.79 Å². The van der Waals surface area contributed by atoms with Crippen molar-refractivity contribution in [3.63, 3.8) is 0 Å². The lowest BCUT2D eigenvalue weighted by Crippen LogP contribution is -2.04. The van der Waals surface area contributed by atoms with Crippen LogP contribution in [0, 0.1) is 18.3 Å². The van der Waals surface area contributed by atoms with E-state index in [1.54, 1.807) is 0 Å². The van der Waals surface area contributed by atoms with E-state index in [9.17, 15) is 4.79 Å². The minimum atomic E-state index is -0.836. The number of hydrogen-bond donors (Lipinski definition) is 1. The predicted molar refractivity (Wildman–Crippen MR) is 44.0 cm³/mol. The zero-order valence-electron chi connectivity index (χ0n) is 6.58. The normalized spacial score (nSPS) is 12.7. The molecule has 0 bridgehead atoms. The van der Waals surface area contributed by atoms with Crippen molar-refractivity contribution in [1.29, 1.82) is 0 Å². The largest absolute Gasteiger partial charge is 0.481 e. The topological polar surface area (TPSA) is 37.3 Å². The Morgan fingerprint density at radius 1 is 1.82 bits per heavy atom. The van der Waals surface area contributed by atoms with Crippen LogP contribution in [0.4, 0.5) is 0 Å². The SMILES string of the molecule is C#CC(CC=CC)CC(=O)O. The Morgan fingerprint density at radius 2 is 2.45 bits per heavy atom. The summed E-state index contributed by atoms with van der Waals surface area (Å²) in [6.45, 7) is 1.88. The van der Waals surface area contributed by atoms with Crippen LogP contribution in [0.2, 0.25) is 0 Å². The third-order valence-electron chi connectivity index (χ3n) is 1.31. The standard InChI is InChI=1S/C9H12O2/c1-3-5-6-8(4-2)7-9(10)11/h2-3,5,8H,6-7H2,1H3,(H,10,11). The average molecular weight is 152 g/mol. The van der Waals surface area contributed by atoms with Gasteiger partial charge in [0, 0.05) is 5.92 Å². The molecule has 11 heavy (non-hydrogen) atoms. The second-order valence-electron chi connectivity index (χ2n) is 2.27. The molecule has 0 saturated carbocycles. The zero-order chi connectivity index (χ0) is 8.69. The third kappa shape index (κ3) is 5.23. The Labute approximate surface area is 66.9 Å². The third-order valence-corrected chi connectivity index (χ3v) is 1.31. The Kier molecular flexibility index (Phi) is 4.93. The molecule has 0 amide bonds. The van der Waals surface area contributed by atoms with Crippen LogP contribution in [-0.4, -0.2) is 11.1 Å². The molecule has 0 aliphatic heterocycles. The van der Waals surface area contributed by atoms with Crippen molar-refractivity contribution in [3.8, 4) is 12.3 Å². The molecular formula is C9H12O2. The zero-order valence-corrected chi connectivity index (χ0v) is 6.58. The lowest BCUT2D eigenvalue weighted by molar-refractivity contribution is -0.137. The quantitative estimate of drug-likeness (QED) is 0.491. The molecule has 0 aliphatic rings. The number of carboxylic acids is 1. The molecule has 0 aromatic carbocycles. The molecule has 0 saturated heterocycles. The van der Waals surface area contributed by atoms with E-state index in [1.165, 1.54) is 0 Å². The maximum Gasteiger partial charge on any atom is 0.304 e. The van der Waals surface area contributed by atoms with E-state index in [0.29, 0.717) is 6.42 Å². The minimum Gasteiger partial charge on any atom is -0.481 e. The summed E-state index contributed by atoms with van der Waals surface area (Å²) in [5.41, 5.74) is 0. The van der Waals surface area contributed by atoms with Crippen molar-refractivity contribution < 1.29 is 9.90 Å². The average Bonchev–Trinajstić information content (AvgIpc) is 1.97. The number of allylic oxidation sites excluding steroid dienone is 2. The molecule has 0 spiro atoms. The first kappa shape index (κ1) is 9.77. The van der Waals surface area contributed by atoms with Gasteiger partial charge in [0.05, 0.1) is 6.42 Å². The van der Waals surface area contributed by atoms with Gasteiger partial charge in [-0.1, -0.05) is 12.2 Å². The lowest BCUT2D eigenvalue weighted by Gasteiger charge is -2.01. The van der Waals surface area contributed by atoms with Crippen LogP contribution in [0.15, 0.2) is 12.2 Å². The van der Waals surface area contributed by atoms with E-state index >= 15 is 0 Å². The van der Waals surface area contributed by atoms with E-state index < -0.39 is 5.97 Å². The smallest absolute Gasteiger partial charge is 0.304 e.